The van der Waals surface area contributed by atoms with E-state index < -0.39 is 17.9 Å². The average Bonchev–Trinajstić information content (AvgIpc) is 3.40. The van der Waals surface area contributed by atoms with Crippen LogP contribution in [0, 0.1) is 11.8 Å². The summed E-state index contributed by atoms with van der Waals surface area (Å²) in [6.45, 7) is 2.20. The molecule has 0 saturated carbocycles. The third-order valence-corrected chi connectivity index (χ3v) is 6.71. The average molecular weight is 402 g/mol. The molecule has 6 heteroatoms. The normalized spacial score (nSPS) is 28.0. The zero-order chi connectivity index (χ0) is 21.0. The Morgan fingerprint density at radius 2 is 1.53 bits per heavy atom. The van der Waals surface area contributed by atoms with Crippen molar-refractivity contribution in [3.63, 3.8) is 0 Å². The second-order valence-corrected chi connectivity index (χ2v) is 8.29. The van der Waals surface area contributed by atoms with E-state index in [1.54, 1.807) is 36.4 Å². The van der Waals surface area contributed by atoms with Gasteiger partial charge >= 0.3 is 0 Å². The van der Waals surface area contributed by atoms with Gasteiger partial charge in [0.15, 0.2) is 11.6 Å². The van der Waals surface area contributed by atoms with Gasteiger partial charge in [-0.15, -0.1) is 0 Å². The first-order valence-corrected chi connectivity index (χ1v) is 10.3. The first kappa shape index (κ1) is 18.9. The smallest absolute Gasteiger partial charge is 0.239 e. The van der Waals surface area contributed by atoms with Crippen molar-refractivity contribution >= 4 is 29.1 Å². The number of ketones is 2. The minimum atomic E-state index is -0.664. The van der Waals surface area contributed by atoms with Crippen molar-refractivity contribution in [2.45, 2.75) is 31.8 Å². The second kappa shape index (κ2) is 6.99. The van der Waals surface area contributed by atoms with Gasteiger partial charge in [0.2, 0.25) is 11.8 Å². The first-order chi connectivity index (χ1) is 14.5. The van der Waals surface area contributed by atoms with E-state index in [0.29, 0.717) is 16.8 Å². The first-order valence-electron chi connectivity index (χ1n) is 10.3. The van der Waals surface area contributed by atoms with E-state index in [4.69, 9.17) is 0 Å². The van der Waals surface area contributed by atoms with Crippen LogP contribution in [0.5, 0.6) is 0 Å². The van der Waals surface area contributed by atoms with Crippen molar-refractivity contribution < 1.29 is 19.2 Å². The molecule has 3 aliphatic heterocycles. The van der Waals surface area contributed by atoms with Crippen molar-refractivity contribution in [2.75, 3.05) is 11.4 Å². The molecule has 5 rings (SSSR count). The summed E-state index contributed by atoms with van der Waals surface area (Å²) in [6, 6.07) is 14.8. The van der Waals surface area contributed by atoms with E-state index in [0.717, 1.165) is 19.4 Å². The molecule has 3 heterocycles. The fraction of sp³-hybridized carbons (Fsp3) is 0.333. The van der Waals surface area contributed by atoms with Crippen LogP contribution in [0.25, 0.3) is 0 Å². The van der Waals surface area contributed by atoms with E-state index in [9.17, 15) is 19.2 Å². The van der Waals surface area contributed by atoms with Gasteiger partial charge in [0.1, 0.15) is 0 Å². The Kier molecular flexibility index (Phi) is 4.40. The number of benzene rings is 2. The van der Waals surface area contributed by atoms with E-state index in [-0.39, 0.29) is 29.4 Å². The monoisotopic (exact) mass is 402 g/mol. The van der Waals surface area contributed by atoms with E-state index >= 15 is 0 Å². The molecular weight excluding hydrogens is 380 g/mol. The number of hydrogen-bond acceptors (Lipinski definition) is 5. The standard InChI is InChI=1S/C24H22N2O4/c1-14(27)15-9-11-17(12-10-15)26-23(29)19-18-8-5-13-25(18)21(20(19)24(26)30)22(28)16-6-3-2-4-7-16/h2-4,6-7,9-12,18-21H,5,8,13H2,1H3/t18-,19+,20+,21-/m0/s1. The number of anilines is 1. The molecule has 2 aromatic carbocycles. The van der Waals surface area contributed by atoms with Gasteiger partial charge in [-0.05, 0) is 50.6 Å². The van der Waals surface area contributed by atoms with Crippen LogP contribution >= 0.6 is 0 Å². The third kappa shape index (κ3) is 2.67. The van der Waals surface area contributed by atoms with Crippen molar-refractivity contribution in [3.8, 4) is 0 Å². The lowest BCUT2D eigenvalue weighted by atomic mass is 9.85. The summed E-state index contributed by atoms with van der Waals surface area (Å²) >= 11 is 0. The van der Waals surface area contributed by atoms with Crippen LogP contribution in [0.4, 0.5) is 5.69 Å². The summed E-state index contributed by atoms with van der Waals surface area (Å²) < 4.78 is 0. The van der Waals surface area contributed by atoms with Crippen molar-refractivity contribution in [3.05, 3.63) is 65.7 Å². The van der Waals surface area contributed by atoms with Crippen molar-refractivity contribution in [1.82, 2.24) is 4.90 Å². The van der Waals surface area contributed by atoms with Gasteiger partial charge in [-0.1, -0.05) is 30.3 Å². The van der Waals surface area contributed by atoms with Crippen LogP contribution in [0.2, 0.25) is 0 Å². The number of fused-ring (bicyclic) bond motifs is 3. The second-order valence-electron chi connectivity index (χ2n) is 8.29. The molecule has 6 nitrogen and oxygen atoms in total. The summed E-state index contributed by atoms with van der Waals surface area (Å²) in [5.41, 5.74) is 1.55. The highest BCUT2D eigenvalue weighted by molar-refractivity contribution is 6.24. The maximum atomic E-state index is 13.5. The van der Waals surface area contributed by atoms with Crippen LogP contribution in [0.15, 0.2) is 54.6 Å². The molecular formula is C24H22N2O4. The van der Waals surface area contributed by atoms with Gasteiger partial charge in [0.05, 0.1) is 23.6 Å². The lowest BCUT2D eigenvalue weighted by Gasteiger charge is -2.27. The van der Waals surface area contributed by atoms with Crippen molar-refractivity contribution in [2.24, 2.45) is 11.8 Å². The highest BCUT2D eigenvalue weighted by Crippen LogP contribution is 2.48. The largest absolute Gasteiger partial charge is 0.295 e. The maximum Gasteiger partial charge on any atom is 0.239 e. The Bertz CT molecular complexity index is 1050. The summed E-state index contributed by atoms with van der Waals surface area (Å²) in [5, 5.41) is 0. The lowest BCUT2D eigenvalue weighted by Crippen LogP contribution is -2.46. The predicted octanol–water partition coefficient (Wildman–Crippen LogP) is 2.72. The topological polar surface area (TPSA) is 74.8 Å². The van der Waals surface area contributed by atoms with Crippen LogP contribution < -0.4 is 4.90 Å². The summed E-state index contributed by atoms with van der Waals surface area (Å²) in [4.78, 5) is 55.1. The molecule has 152 valence electrons. The number of Topliss-reactive ketones (excluding diaryl/α,β-unsaturated/α-hetero) is 2. The lowest BCUT2D eigenvalue weighted by molar-refractivity contribution is -0.123. The Morgan fingerprint density at radius 1 is 0.867 bits per heavy atom. The Labute approximate surface area is 174 Å². The van der Waals surface area contributed by atoms with E-state index in [1.165, 1.54) is 11.8 Å². The zero-order valence-electron chi connectivity index (χ0n) is 16.7. The molecule has 0 aliphatic carbocycles. The number of carbonyl (C=O) groups excluding carboxylic acids is 4. The number of imide groups is 1. The quantitative estimate of drug-likeness (QED) is 0.581. The molecule has 0 unspecified atom stereocenters. The fourth-order valence-electron chi connectivity index (χ4n) is 5.39. The number of amides is 2. The van der Waals surface area contributed by atoms with Gasteiger partial charge in [0.25, 0.3) is 0 Å². The minimum absolute atomic E-state index is 0.0763. The van der Waals surface area contributed by atoms with Crippen LogP contribution in [0.1, 0.15) is 40.5 Å². The molecule has 4 atom stereocenters. The van der Waals surface area contributed by atoms with Gasteiger partial charge in [-0.25, -0.2) is 4.90 Å². The third-order valence-electron chi connectivity index (χ3n) is 6.71. The number of carbonyl (C=O) groups is 4. The summed E-state index contributed by atoms with van der Waals surface area (Å²) in [6.07, 6.45) is 1.73. The molecule has 0 spiro atoms. The number of rotatable bonds is 4. The molecule has 0 bridgehead atoms. The zero-order valence-corrected chi connectivity index (χ0v) is 16.7. The highest BCUT2D eigenvalue weighted by atomic mass is 16.2. The fourth-order valence-corrected chi connectivity index (χ4v) is 5.39. The van der Waals surface area contributed by atoms with Crippen LogP contribution in [-0.2, 0) is 9.59 Å². The van der Waals surface area contributed by atoms with Gasteiger partial charge in [-0.3, -0.25) is 24.1 Å². The van der Waals surface area contributed by atoms with Gasteiger partial charge < -0.3 is 0 Å². The predicted molar refractivity (Wildman–Crippen MR) is 110 cm³/mol. The molecule has 0 N–H and O–H groups in total. The minimum Gasteiger partial charge on any atom is -0.295 e. The Balaban J connectivity index is 1.52. The van der Waals surface area contributed by atoms with Crippen molar-refractivity contribution in [1.29, 1.82) is 0 Å². The SMILES string of the molecule is CC(=O)c1ccc(N2C(=O)[C@@H]3[C@H](C2=O)[C@@H]2CCCN2[C@@H]3C(=O)c2ccccc2)cc1. The van der Waals surface area contributed by atoms with Crippen LogP contribution in [-0.4, -0.2) is 46.9 Å². The Morgan fingerprint density at radius 3 is 2.20 bits per heavy atom. The molecule has 0 aromatic heterocycles. The van der Waals surface area contributed by atoms with Gasteiger partial charge in [0, 0.05) is 17.2 Å². The summed E-state index contributed by atoms with van der Waals surface area (Å²) in [5.74, 6) is -1.88. The van der Waals surface area contributed by atoms with E-state index in [1.807, 2.05) is 18.2 Å². The molecule has 2 amide bonds. The molecule has 3 aliphatic rings. The van der Waals surface area contributed by atoms with E-state index in [2.05, 4.69) is 4.90 Å². The Hall–Kier alpha value is -3.12. The van der Waals surface area contributed by atoms with Crippen LogP contribution in [0.3, 0.4) is 0 Å². The molecule has 3 saturated heterocycles. The highest BCUT2D eigenvalue weighted by Gasteiger charge is 2.64. The molecule has 2 aromatic rings. The maximum absolute atomic E-state index is 13.5. The summed E-state index contributed by atoms with van der Waals surface area (Å²) in [7, 11) is 0. The van der Waals surface area contributed by atoms with Gasteiger partial charge in [-0.2, -0.15) is 0 Å². The molecule has 3 fully saturated rings. The number of nitrogens with zero attached hydrogens (tertiary/aromatic N) is 2. The number of hydrogen-bond donors (Lipinski definition) is 0. The molecule has 30 heavy (non-hydrogen) atoms. The molecule has 0 radical (unpaired) electrons.